The minimum Gasteiger partial charge on any atom is -0.496 e. The number of nitrogens with one attached hydrogen (secondary N) is 1. The van der Waals surface area contributed by atoms with E-state index in [1.165, 1.54) is 32.2 Å². The Kier molecular flexibility index (Phi) is 6.57. The zero-order valence-corrected chi connectivity index (χ0v) is 18.8. The number of nitrogen functional groups attached to an aromatic ring is 1. The molecular formula is C21H17ClF3N3O4S. The lowest BCUT2D eigenvalue weighted by Gasteiger charge is -2.15. The second kappa shape index (κ2) is 8.91. The molecule has 174 valence electrons. The second-order valence-corrected chi connectivity index (χ2v) is 9.04. The molecule has 3 aromatic rings. The number of nitrogens with two attached hydrogens (primary N) is 1. The Morgan fingerprint density at radius 1 is 1.15 bits per heavy atom. The van der Waals surface area contributed by atoms with E-state index in [4.69, 9.17) is 22.1 Å². The largest absolute Gasteiger partial charge is 0.496 e. The van der Waals surface area contributed by atoms with Crippen LogP contribution in [0, 0.1) is 6.92 Å². The van der Waals surface area contributed by atoms with Crippen LogP contribution in [0.4, 0.5) is 24.5 Å². The molecule has 1 heterocycles. The number of sulfonamides is 1. The van der Waals surface area contributed by atoms with Crippen molar-refractivity contribution in [2.24, 2.45) is 0 Å². The van der Waals surface area contributed by atoms with Crippen LogP contribution >= 0.6 is 11.6 Å². The van der Waals surface area contributed by atoms with Crippen LogP contribution in [0.3, 0.4) is 0 Å². The number of ketones is 1. The van der Waals surface area contributed by atoms with Gasteiger partial charge < -0.3 is 10.5 Å². The summed E-state index contributed by atoms with van der Waals surface area (Å²) in [6, 6.07) is 7.97. The van der Waals surface area contributed by atoms with Gasteiger partial charge in [0.05, 0.1) is 33.8 Å². The van der Waals surface area contributed by atoms with Gasteiger partial charge in [-0.2, -0.15) is 13.2 Å². The van der Waals surface area contributed by atoms with Crippen molar-refractivity contribution in [2.45, 2.75) is 18.0 Å². The summed E-state index contributed by atoms with van der Waals surface area (Å²) in [7, 11) is -3.22. The number of carbonyl (C=O) groups excluding carboxylic acids is 1. The monoisotopic (exact) mass is 499 g/mol. The van der Waals surface area contributed by atoms with Crippen molar-refractivity contribution in [1.29, 1.82) is 0 Å². The van der Waals surface area contributed by atoms with Gasteiger partial charge >= 0.3 is 6.18 Å². The lowest BCUT2D eigenvalue weighted by Crippen LogP contribution is -2.18. The van der Waals surface area contributed by atoms with Gasteiger partial charge in [0.25, 0.3) is 10.0 Å². The molecule has 0 aliphatic rings. The van der Waals surface area contributed by atoms with E-state index in [0.717, 1.165) is 24.4 Å². The third-order valence-corrected chi connectivity index (χ3v) is 6.18. The number of carbonyl (C=O) groups is 1. The first-order valence-corrected chi connectivity index (χ1v) is 11.0. The van der Waals surface area contributed by atoms with Crippen molar-refractivity contribution in [1.82, 2.24) is 4.98 Å². The predicted molar refractivity (Wildman–Crippen MR) is 117 cm³/mol. The van der Waals surface area contributed by atoms with Gasteiger partial charge in [0.1, 0.15) is 11.4 Å². The van der Waals surface area contributed by atoms with Crippen LogP contribution < -0.4 is 15.2 Å². The third-order valence-electron chi connectivity index (χ3n) is 4.61. The lowest BCUT2D eigenvalue weighted by atomic mass is 10.0. The molecule has 3 rings (SSSR count). The molecule has 0 amide bonds. The normalized spacial score (nSPS) is 11.8. The number of alkyl halides is 3. The van der Waals surface area contributed by atoms with E-state index in [9.17, 15) is 26.4 Å². The molecule has 0 bridgehead atoms. The summed E-state index contributed by atoms with van der Waals surface area (Å²) in [5, 5.41) is -0.0105. The number of aromatic nitrogens is 1. The fourth-order valence-corrected chi connectivity index (χ4v) is 4.25. The van der Waals surface area contributed by atoms with Gasteiger partial charge in [-0.3, -0.25) is 9.52 Å². The molecule has 2 aromatic carbocycles. The Morgan fingerprint density at radius 2 is 1.85 bits per heavy atom. The molecule has 0 radical (unpaired) electrons. The van der Waals surface area contributed by atoms with E-state index < -0.39 is 32.4 Å². The summed E-state index contributed by atoms with van der Waals surface area (Å²) in [6.07, 6.45) is -3.63. The number of pyridine rings is 1. The molecule has 0 unspecified atom stereocenters. The maximum Gasteiger partial charge on any atom is 0.416 e. The zero-order valence-electron chi connectivity index (χ0n) is 17.2. The Hall–Kier alpha value is -3.31. The summed E-state index contributed by atoms with van der Waals surface area (Å²) >= 11 is 5.93. The Balaban J connectivity index is 2.08. The molecule has 1 aromatic heterocycles. The maximum absolute atomic E-state index is 13.2. The topological polar surface area (TPSA) is 111 Å². The maximum atomic E-state index is 13.2. The number of hydrogen-bond donors (Lipinski definition) is 2. The number of halogens is 4. The highest BCUT2D eigenvalue weighted by Crippen LogP contribution is 2.34. The average Bonchev–Trinajstić information content (AvgIpc) is 2.72. The number of anilines is 2. The number of methoxy groups -OCH3 is 1. The van der Waals surface area contributed by atoms with Crippen LogP contribution in [-0.4, -0.2) is 26.3 Å². The molecule has 0 spiro atoms. The Morgan fingerprint density at radius 3 is 2.48 bits per heavy atom. The number of hydrogen-bond acceptors (Lipinski definition) is 6. The molecular weight excluding hydrogens is 483 g/mol. The summed E-state index contributed by atoms with van der Waals surface area (Å²) < 4.78 is 72.8. The summed E-state index contributed by atoms with van der Waals surface area (Å²) in [6.45, 7) is 1.21. The minimum atomic E-state index is -4.75. The second-order valence-electron chi connectivity index (χ2n) is 6.92. The number of rotatable bonds is 6. The van der Waals surface area contributed by atoms with Gasteiger partial charge in [0.15, 0.2) is 0 Å². The predicted octanol–water partition coefficient (Wildman–Crippen LogP) is 4.68. The molecule has 12 heteroatoms. The molecule has 0 atom stereocenters. The zero-order chi connectivity index (χ0) is 24.6. The molecule has 0 aliphatic heterocycles. The van der Waals surface area contributed by atoms with E-state index in [-0.39, 0.29) is 39.0 Å². The van der Waals surface area contributed by atoms with Crippen LogP contribution in [0.25, 0.3) is 0 Å². The first-order chi connectivity index (χ1) is 15.3. The van der Waals surface area contributed by atoms with Crippen molar-refractivity contribution in [3.05, 3.63) is 76.1 Å². The van der Waals surface area contributed by atoms with E-state index in [1.54, 1.807) is 0 Å². The highest BCUT2D eigenvalue weighted by molar-refractivity contribution is 7.92. The van der Waals surface area contributed by atoms with E-state index in [0.29, 0.717) is 6.07 Å². The highest BCUT2D eigenvalue weighted by atomic mass is 35.5. The van der Waals surface area contributed by atoms with Gasteiger partial charge in [-0.1, -0.05) is 17.7 Å². The van der Waals surface area contributed by atoms with Crippen molar-refractivity contribution in [3.8, 4) is 5.75 Å². The van der Waals surface area contributed by atoms with Gasteiger partial charge in [0.2, 0.25) is 5.78 Å². The van der Waals surface area contributed by atoms with Crippen LogP contribution in [0.2, 0.25) is 5.02 Å². The molecule has 3 N–H and O–H groups in total. The summed E-state index contributed by atoms with van der Waals surface area (Å²) in [4.78, 5) is 16.4. The molecule has 33 heavy (non-hydrogen) atoms. The quantitative estimate of drug-likeness (QED) is 0.376. The van der Waals surface area contributed by atoms with E-state index in [2.05, 4.69) is 9.71 Å². The van der Waals surface area contributed by atoms with E-state index >= 15 is 0 Å². The molecule has 0 fully saturated rings. The first-order valence-electron chi connectivity index (χ1n) is 9.18. The van der Waals surface area contributed by atoms with Gasteiger partial charge in [-0.25, -0.2) is 13.4 Å². The van der Waals surface area contributed by atoms with Crippen LogP contribution in [-0.2, 0) is 16.2 Å². The van der Waals surface area contributed by atoms with Gasteiger partial charge in [0, 0.05) is 11.9 Å². The first kappa shape index (κ1) is 24.3. The summed E-state index contributed by atoms with van der Waals surface area (Å²) in [5.74, 6) is -0.582. The SMILES string of the molecule is COc1ccc(N)cc1C(=O)c1ncc(Cl)cc1NS(=O)(=O)c1ccc(C)c(C(F)(F)F)c1. The summed E-state index contributed by atoms with van der Waals surface area (Å²) in [5.41, 5.74) is 4.07. The highest BCUT2D eigenvalue weighted by Gasteiger charge is 2.34. The van der Waals surface area contributed by atoms with Crippen molar-refractivity contribution >= 4 is 38.8 Å². The smallest absolute Gasteiger partial charge is 0.416 e. The fourth-order valence-electron chi connectivity index (χ4n) is 3.01. The van der Waals surface area contributed by atoms with Gasteiger partial charge in [-0.15, -0.1) is 0 Å². The van der Waals surface area contributed by atoms with E-state index in [1.807, 2.05) is 0 Å². The van der Waals surface area contributed by atoms with Crippen LogP contribution in [0.5, 0.6) is 5.75 Å². The van der Waals surface area contributed by atoms with Crippen LogP contribution in [0.1, 0.15) is 27.2 Å². The van der Waals surface area contributed by atoms with Crippen molar-refractivity contribution in [3.63, 3.8) is 0 Å². The lowest BCUT2D eigenvalue weighted by molar-refractivity contribution is -0.138. The van der Waals surface area contributed by atoms with Crippen molar-refractivity contribution < 1.29 is 31.1 Å². The number of aryl methyl sites for hydroxylation is 1. The Bertz CT molecular complexity index is 1350. The molecule has 0 saturated heterocycles. The minimum absolute atomic E-state index is 0.00228. The number of nitrogens with zero attached hydrogens (tertiary/aromatic N) is 1. The third kappa shape index (κ3) is 5.20. The number of benzene rings is 2. The molecule has 0 aliphatic carbocycles. The Labute approximate surface area is 192 Å². The standard InChI is InChI=1S/C21H17ClF3N3O4S/c1-11-3-5-14(9-16(11)21(23,24)25)33(30,31)28-17-7-12(22)10-27-19(17)20(29)15-8-13(26)4-6-18(15)32-2/h3-10,28H,26H2,1-2H3. The average molecular weight is 500 g/mol. The van der Waals surface area contributed by atoms with Crippen molar-refractivity contribution in [2.75, 3.05) is 17.6 Å². The van der Waals surface area contributed by atoms with Gasteiger partial charge in [-0.05, 0) is 48.9 Å². The van der Waals surface area contributed by atoms with Crippen LogP contribution in [0.15, 0.2) is 53.6 Å². The molecule has 7 nitrogen and oxygen atoms in total. The fraction of sp³-hybridized carbons (Fsp3) is 0.143. The molecule has 0 saturated carbocycles. The number of ether oxygens (including phenoxy) is 1.